The van der Waals surface area contributed by atoms with Crippen LogP contribution in [0.15, 0.2) is 54.6 Å². The quantitative estimate of drug-likeness (QED) is 0.698. The summed E-state index contributed by atoms with van der Waals surface area (Å²) < 4.78 is 0. The highest BCUT2D eigenvalue weighted by Crippen LogP contribution is 2.22. The van der Waals surface area contributed by atoms with Gasteiger partial charge < -0.3 is 15.1 Å². The number of nitrogens with zero attached hydrogens (tertiary/aromatic N) is 1. The summed E-state index contributed by atoms with van der Waals surface area (Å²) in [6, 6.07) is 17.8. The van der Waals surface area contributed by atoms with Gasteiger partial charge in [0.15, 0.2) is 0 Å². The largest absolute Gasteiger partial charge is 0.352 e. The summed E-state index contributed by atoms with van der Waals surface area (Å²) in [7, 11) is 2.17. The van der Waals surface area contributed by atoms with Crippen molar-refractivity contribution < 1.29 is 14.5 Å². The second-order valence-electron chi connectivity index (χ2n) is 7.18. The number of anilines is 1. The summed E-state index contributed by atoms with van der Waals surface area (Å²) in [6.07, 6.45) is 2.40. The highest BCUT2D eigenvalue weighted by molar-refractivity contribution is 5.99. The molecular formula is C22H28N3O2+. The zero-order chi connectivity index (χ0) is 19.1. The van der Waals surface area contributed by atoms with Gasteiger partial charge in [-0.25, -0.2) is 0 Å². The topological polar surface area (TPSA) is 53.9 Å². The Morgan fingerprint density at radius 1 is 1.15 bits per heavy atom. The summed E-state index contributed by atoms with van der Waals surface area (Å²) in [5, 5.41) is 2.99. The normalized spacial score (nSPS) is 15.0. The van der Waals surface area contributed by atoms with Crippen LogP contribution < -0.4 is 15.1 Å². The van der Waals surface area contributed by atoms with Crippen molar-refractivity contribution in [3.05, 3.63) is 65.7 Å². The van der Waals surface area contributed by atoms with Gasteiger partial charge >= 0.3 is 0 Å². The van der Waals surface area contributed by atoms with E-state index in [1.54, 1.807) is 11.0 Å². The van der Waals surface area contributed by atoms with E-state index in [0.29, 0.717) is 18.5 Å². The van der Waals surface area contributed by atoms with Gasteiger partial charge in [-0.1, -0.05) is 36.4 Å². The lowest BCUT2D eigenvalue weighted by Gasteiger charge is -2.16. The molecule has 5 heteroatoms. The van der Waals surface area contributed by atoms with Gasteiger partial charge in [-0.05, 0) is 24.6 Å². The van der Waals surface area contributed by atoms with E-state index in [0.717, 1.165) is 38.2 Å². The van der Waals surface area contributed by atoms with Gasteiger partial charge in [0, 0.05) is 42.7 Å². The van der Waals surface area contributed by atoms with Crippen LogP contribution in [0.4, 0.5) is 5.69 Å². The molecule has 1 atom stereocenters. The Kier molecular flexibility index (Phi) is 6.60. The molecule has 0 saturated carbocycles. The minimum atomic E-state index is -0.0794. The molecule has 0 bridgehead atoms. The van der Waals surface area contributed by atoms with E-state index in [-0.39, 0.29) is 11.8 Å². The van der Waals surface area contributed by atoms with E-state index >= 15 is 0 Å². The van der Waals surface area contributed by atoms with Gasteiger partial charge in [0.05, 0.1) is 13.6 Å². The molecule has 3 rings (SSSR count). The molecule has 2 amide bonds. The van der Waals surface area contributed by atoms with Gasteiger partial charge in [-0.3, -0.25) is 9.59 Å². The Bertz CT molecular complexity index is 776. The van der Waals surface area contributed by atoms with E-state index in [9.17, 15) is 9.59 Å². The van der Waals surface area contributed by atoms with Gasteiger partial charge in [0.1, 0.15) is 6.54 Å². The van der Waals surface area contributed by atoms with E-state index in [2.05, 4.69) is 36.6 Å². The number of nitrogens with one attached hydrogen (secondary N) is 2. The molecule has 0 spiro atoms. The molecule has 1 aliphatic heterocycles. The fourth-order valence-electron chi connectivity index (χ4n) is 3.46. The van der Waals surface area contributed by atoms with Gasteiger partial charge in [0.25, 0.3) is 5.91 Å². The highest BCUT2D eigenvalue weighted by atomic mass is 16.2. The number of rotatable bonds is 8. The molecule has 0 aromatic heterocycles. The van der Waals surface area contributed by atoms with Crippen molar-refractivity contribution in [2.45, 2.75) is 25.8 Å². The van der Waals surface area contributed by atoms with E-state index < -0.39 is 0 Å². The molecule has 142 valence electrons. The maximum Gasteiger partial charge on any atom is 0.251 e. The third kappa shape index (κ3) is 5.41. The van der Waals surface area contributed by atoms with Crippen LogP contribution in [0.1, 0.15) is 35.2 Å². The van der Waals surface area contributed by atoms with Crippen molar-refractivity contribution in [1.29, 1.82) is 0 Å². The van der Waals surface area contributed by atoms with E-state index in [4.69, 9.17) is 0 Å². The number of hydrogen-bond donors (Lipinski definition) is 2. The standard InChI is InChI=1S/C22H27N3O2/c1-24(17-18-8-3-2-4-9-18)14-7-13-23-22(27)19-10-5-11-20(16-19)25-15-6-12-21(25)26/h2-5,8-11,16H,6-7,12-15,17H2,1H3,(H,23,27)/p+1. The molecule has 1 aliphatic rings. The van der Waals surface area contributed by atoms with Crippen LogP contribution in [-0.4, -0.2) is 38.5 Å². The molecule has 2 N–H and O–H groups in total. The minimum Gasteiger partial charge on any atom is -0.352 e. The molecule has 0 aliphatic carbocycles. The lowest BCUT2D eigenvalue weighted by Crippen LogP contribution is -3.07. The molecule has 1 heterocycles. The summed E-state index contributed by atoms with van der Waals surface area (Å²) in [5.74, 6) is 0.0567. The predicted molar refractivity (Wildman–Crippen MR) is 107 cm³/mol. The van der Waals surface area contributed by atoms with Crippen molar-refractivity contribution in [3.63, 3.8) is 0 Å². The number of carbonyl (C=O) groups is 2. The van der Waals surface area contributed by atoms with E-state index in [1.807, 2.05) is 24.3 Å². The van der Waals surface area contributed by atoms with Crippen molar-refractivity contribution in [2.75, 3.05) is 31.6 Å². The average Bonchev–Trinajstić information content (AvgIpc) is 3.12. The van der Waals surface area contributed by atoms with Crippen LogP contribution >= 0.6 is 0 Å². The highest BCUT2D eigenvalue weighted by Gasteiger charge is 2.22. The number of benzene rings is 2. The second kappa shape index (κ2) is 9.33. The zero-order valence-electron chi connectivity index (χ0n) is 15.9. The molecule has 1 saturated heterocycles. The monoisotopic (exact) mass is 366 g/mol. The summed E-state index contributed by atoms with van der Waals surface area (Å²) in [4.78, 5) is 27.5. The van der Waals surface area contributed by atoms with Crippen LogP contribution in [0, 0.1) is 0 Å². The summed E-state index contributed by atoms with van der Waals surface area (Å²) >= 11 is 0. The Morgan fingerprint density at radius 3 is 2.70 bits per heavy atom. The van der Waals surface area contributed by atoms with Gasteiger partial charge in [-0.2, -0.15) is 0 Å². The van der Waals surface area contributed by atoms with Crippen LogP contribution in [0.3, 0.4) is 0 Å². The predicted octanol–water partition coefficient (Wildman–Crippen LogP) is 1.65. The molecule has 0 radical (unpaired) electrons. The van der Waals surface area contributed by atoms with Crippen molar-refractivity contribution >= 4 is 17.5 Å². The summed E-state index contributed by atoms with van der Waals surface area (Å²) in [6.45, 7) is 3.37. The maximum atomic E-state index is 12.4. The second-order valence-corrected chi connectivity index (χ2v) is 7.18. The first-order chi connectivity index (χ1) is 13.1. The fraction of sp³-hybridized carbons (Fsp3) is 0.364. The molecule has 1 unspecified atom stereocenters. The Labute approximate surface area is 161 Å². The number of hydrogen-bond acceptors (Lipinski definition) is 2. The molecule has 1 fully saturated rings. The Balaban J connectivity index is 1.43. The van der Waals surface area contributed by atoms with Crippen molar-refractivity contribution in [1.82, 2.24) is 5.32 Å². The first kappa shape index (κ1) is 19.1. The first-order valence-corrected chi connectivity index (χ1v) is 9.67. The lowest BCUT2D eigenvalue weighted by atomic mass is 10.1. The van der Waals surface area contributed by atoms with Crippen LogP contribution in [0.25, 0.3) is 0 Å². The number of amides is 2. The third-order valence-electron chi connectivity index (χ3n) is 4.91. The van der Waals surface area contributed by atoms with Crippen LogP contribution in [0.2, 0.25) is 0 Å². The fourth-order valence-corrected chi connectivity index (χ4v) is 3.46. The Morgan fingerprint density at radius 2 is 1.96 bits per heavy atom. The molecular weight excluding hydrogens is 338 g/mol. The SMILES string of the molecule is C[NH+](CCCNC(=O)c1cccc(N2CCCC2=O)c1)Cc1ccccc1. The summed E-state index contributed by atoms with van der Waals surface area (Å²) in [5.41, 5.74) is 2.75. The van der Waals surface area contributed by atoms with Crippen molar-refractivity contribution in [3.8, 4) is 0 Å². The molecule has 27 heavy (non-hydrogen) atoms. The third-order valence-corrected chi connectivity index (χ3v) is 4.91. The van der Waals surface area contributed by atoms with Crippen LogP contribution in [0.5, 0.6) is 0 Å². The van der Waals surface area contributed by atoms with Gasteiger partial charge in [0.2, 0.25) is 5.91 Å². The van der Waals surface area contributed by atoms with Gasteiger partial charge in [-0.15, -0.1) is 0 Å². The maximum absolute atomic E-state index is 12.4. The average molecular weight is 366 g/mol. The zero-order valence-corrected chi connectivity index (χ0v) is 15.9. The lowest BCUT2D eigenvalue weighted by molar-refractivity contribution is -0.893. The van der Waals surface area contributed by atoms with Crippen LogP contribution in [-0.2, 0) is 11.3 Å². The first-order valence-electron chi connectivity index (χ1n) is 9.67. The molecule has 2 aromatic carbocycles. The number of quaternary nitrogens is 1. The number of carbonyl (C=O) groups excluding carboxylic acids is 2. The molecule has 2 aromatic rings. The molecule has 5 nitrogen and oxygen atoms in total. The van der Waals surface area contributed by atoms with Crippen molar-refractivity contribution in [2.24, 2.45) is 0 Å². The minimum absolute atomic E-state index is 0.0794. The smallest absolute Gasteiger partial charge is 0.251 e. The Hall–Kier alpha value is -2.66. The van der Waals surface area contributed by atoms with E-state index in [1.165, 1.54) is 10.5 Å².